The molecule has 0 bridgehead atoms. The highest BCUT2D eigenvalue weighted by Crippen LogP contribution is 2.25. The molecule has 0 saturated heterocycles. The first-order valence-electron chi connectivity index (χ1n) is 7.91. The van der Waals surface area contributed by atoms with Gasteiger partial charge in [-0.2, -0.15) is 9.57 Å². The Morgan fingerprint density at radius 3 is 2.65 bits per heavy atom. The van der Waals surface area contributed by atoms with Gasteiger partial charge in [0.1, 0.15) is 6.67 Å². The molecule has 1 aliphatic rings. The van der Waals surface area contributed by atoms with Crippen LogP contribution in [0, 0.1) is 17.2 Å². The van der Waals surface area contributed by atoms with E-state index in [0.717, 1.165) is 10.5 Å². The van der Waals surface area contributed by atoms with Crippen LogP contribution < -0.4 is 0 Å². The third-order valence-corrected chi connectivity index (χ3v) is 6.72. The van der Waals surface area contributed by atoms with Crippen LogP contribution in [0.3, 0.4) is 0 Å². The van der Waals surface area contributed by atoms with Gasteiger partial charge in [-0.3, -0.25) is 4.99 Å². The molecule has 1 aromatic carbocycles. The van der Waals surface area contributed by atoms with Crippen LogP contribution in [0.25, 0.3) is 5.57 Å². The number of allylic oxidation sites excluding steroid dienone is 2. The van der Waals surface area contributed by atoms with Crippen molar-refractivity contribution in [3.8, 4) is 6.07 Å². The minimum Gasteiger partial charge on any atom is -0.276 e. The SMILES string of the molecule is C=C1/C=C(c2cccs2)\C=N/CN(S(=O)(=O)c2ccccc2)CC1C#N. The molecule has 5 nitrogen and oxygen atoms in total. The summed E-state index contributed by atoms with van der Waals surface area (Å²) >= 11 is 1.55. The van der Waals surface area contributed by atoms with Gasteiger partial charge in [0.25, 0.3) is 0 Å². The van der Waals surface area contributed by atoms with Crippen molar-refractivity contribution >= 4 is 33.1 Å². The topological polar surface area (TPSA) is 73.5 Å². The number of hydrogen-bond donors (Lipinski definition) is 0. The normalized spacial score (nSPS) is 22.3. The van der Waals surface area contributed by atoms with E-state index in [2.05, 4.69) is 17.6 Å². The van der Waals surface area contributed by atoms with Crippen molar-refractivity contribution in [2.45, 2.75) is 4.90 Å². The van der Waals surface area contributed by atoms with Crippen molar-refractivity contribution < 1.29 is 8.42 Å². The van der Waals surface area contributed by atoms with E-state index in [1.54, 1.807) is 35.8 Å². The molecule has 0 radical (unpaired) electrons. The van der Waals surface area contributed by atoms with Gasteiger partial charge in [-0.05, 0) is 35.2 Å². The number of hydrogen-bond acceptors (Lipinski definition) is 5. The van der Waals surface area contributed by atoms with E-state index in [4.69, 9.17) is 0 Å². The molecular formula is C19H17N3O2S2. The first-order chi connectivity index (χ1) is 12.5. The van der Waals surface area contributed by atoms with E-state index in [9.17, 15) is 13.7 Å². The monoisotopic (exact) mass is 383 g/mol. The van der Waals surface area contributed by atoms with Crippen LogP contribution in [-0.2, 0) is 10.0 Å². The van der Waals surface area contributed by atoms with Crippen molar-refractivity contribution in [1.29, 1.82) is 5.26 Å². The lowest BCUT2D eigenvalue weighted by Gasteiger charge is -2.22. The lowest BCUT2D eigenvalue weighted by Crippen LogP contribution is -2.35. The van der Waals surface area contributed by atoms with Crippen molar-refractivity contribution in [1.82, 2.24) is 4.31 Å². The Kier molecular flexibility index (Phi) is 5.47. The summed E-state index contributed by atoms with van der Waals surface area (Å²) in [6.07, 6.45) is 3.45. The molecule has 26 heavy (non-hydrogen) atoms. The minimum absolute atomic E-state index is 0.0120. The molecule has 7 heteroatoms. The maximum Gasteiger partial charge on any atom is 0.244 e. The molecule has 1 atom stereocenters. The highest BCUT2D eigenvalue weighted by Gasteiger charge is 2.28. The standard InChI is InChI=1S/C19H17N3O2S2/c1-15-10-16(19-8-5-9-25-19)12-21-14-22(13-17(15)11-20)26(23,24)18-6-3-2-4-7-18/h2-10,12,17H,1,13-14H2/b16-10+,21-12-. The van der Waals surface area contributed by atoms with Crippen LogP contribution in [-0.4, -0.2) is 32.2 Å². The fourth-order valence-electron chi connectivity index (χ4n) is 2.56. The van der Waals surface area contributed by atoms with E-state index >= 15 is 0 Å². The smallest absolute Gasteiger partial charge is 0.244 e. The zero-order chi connectivity index (χ0) is 18.6. The van der Waals surface area contributed by atoms with Crippen LogP contribution in [0.1, 0.15) is 4.88 Å². The third-order valence-electron chi connectivity index (χ3n) is 3.99. The Morgan fingerprint density at radius 1 is 1.23 bits per heavy atom. The van der Waals surface area contributed by atoms with Gasteiger partial charge in [-0.25, -0.2) is 8.42 Å². The Bertz CT molecular complexity index is 985. The number of sulfonamides is 1. The highest BCUT2D eigenvalue weighted by atomic mass is 32.2. The summed E-state index contributed by atoms with van der Waals surface area (Å²) in [4.78, 5) is 5.49. The number of nitrogens with zero attached hydrogens (tertiary/aromatic N) is 3. The zero-order valence-corrected chi connectivity index (χ0v) is 15.6. The number of benzene rings is 1. The maximum absolute atomic E-state index is 12.9. The van der Waals surface area contributed by atoms with Crippen molar-refractivity contribution in [3.05, 3.63) is 70.9 Å². The molecule has 0 aliphatic carbocycles. The molecule has 3 rings (SSSR count). The Labute approximate surface area is 157 Å². The van der Waals surface area contributed by atoms with E-state index in [-0.39, 0.29) is 18.1 Å². The van der Waals surface area contributed by atoms with E-state index in [1.165, 1.54) is 16.4 Å². The largest absolute Gasteiger partial charge is 0.276 e. The molecule has 1 aromatic heterocycles. The first-order valence-corrected chi connectivity index (χ1v) is 10.2. The summed E-state index contributed by atoms with van der Waals surface area (Å²) in [5, 5.41) is 11.5. The van der Waals surface area contributed by atoms with Crippen molar-refractivity contribution in [3.63, 3.8) is 0 Å². The molecule has 0 fully saturated rings. The quantitative estimate of drug-likeness (QED) is 0.813. The zero-order valence-electron chi connectivity index (χ0n) is 13.9. The highest BCUT2D eigenvalue weighted by molar-refractivity contribution is 7.89. The second-order valence-corrected chi connectivity index (χ2v) is 8.62. The first kappa shape index (κ1) is 18.3. The van der Waals surface area contributed by atoms with Crippen LogP contribution in [0.2, 0.25) is 0 Å². The average molecular weight is 383 g/mol. The van der Waals surface area contributed by atoms with Gasteiger partial charge in [0.05, 0.1) is 16.9 Å². The summed E-state index contributed by atoms with van der Waals surface area (Å²) in [5.41, 5.74) is 1.39. The van der Waals surface area contributed by atoms with Gasteiger partial charge in [0.2, 0.25) is 10.0 Å². The second-order valence-electron chi connectivity index (χ2n) is 5.74. The van der Waals surface area contributed by atoms with E-state index in [1.807, 2.05) is 23.6 Å². The van der Waals surface area contributed by atoms with E-state index in [0.29, 0.717) is 5.57 Å². The summed E-state index contributed by atoms with van der Waals surface area (Å²) < 4.78 is 27.1. The van der Waals surface area contributed by atoms with Crippen LogP contribution in [0.4, 0.5) is 0 Å². The fraction of sp³-hybridized carbons (Fsp3) is 0.158. The van der Waals surface area contributed by atoms with Gasteiger partial charge < -0.3 is 0 Å². The Balaban J connectivity index is 1.98. The molecule has 1 aliphatic heterocycles. The lowest BCUT2D eigenvalue weighted by molar-refractivity contribution is 0.403. The van der Waals surface area contributed by atoms with Gasteiger partial charge >= 0.3 is 0 Å². The summed E-state index contributed by atoms with van der Waals surface area (Å²) in [5.74, 6) is -0.648. The van der Waals surface area contributed by atoms with Crippen molar-refractivity contribution in [2.75, 3.05) is 13.2 Å². The predicted molar refractivity (Wildman–Crippen MR) is 104 cm³/mol. The Morgan fingerprint density at radius 2 is 2.00 bits per heavy atom. The lowest BCUT2D eigenvalue weighted by atomic mass is 9.99. The third kappa shape index (κ3) is 3.83. The van der Waals surface area contributed by atoms with Gasteiger partial charge in [0.15, 0.2) is 0 Å². The van der Waals surface area contributed by atoms with Crippen molar-refractivity contribution in [2.24, 2.45) is 10.9 Å². The summed E-state index contributed by atoms with van der Waals surface area (Å²) in [6.45, 7) is 3.94. The van der Waals surface area contributed by atoms with Gasteiger partial charge in [-0.15, -0.1) is 11.3 Å². The Hall–Kier alpha value is -2.53. The number of thiophene rings is 1. The molecule has 132 valence electrons. The fourth-order valence-corrected chi connectivity index (χ4v) is 4.64. The molecule has 0 amide bonds. The molecule has 2 heterocycles. The molecule has 2 aromatic rings. The van der Waals surface area contributed by atoms with E-state index < -0.39 is 15.9 Å². The predicted octanol–water partition coefficient (Wildman–Crippen LogP) is 3.56. The van der Waals surface area contributed by atoms with Gasteiger partial charge in [0, 0.05) is 23.2 Å². The summed E-state index contributed by atoms with van der Waals surface area (Å²) in [6, 6.07) is 14.2. The second kappa shape index (κ2) is 7.79. The van der Waals surface area contributed by atoms with Crippen LogP contribution >= 0.6 is 11.3 Å². The minimum atomic E-state index is -3.75. The molecule has 1 unspecified atom stereocenters. The molecular weight excluding hydrogens is 366 g/mol. The van der Waals surface area contributed by atoms with Crippen LogP contribution in [0.5, 0.6) is 0 Å². The maximum atomic E-state index is 12.9. The average Bonchev–Trinajstić information content (AvgIpc) is 3.19. The number of nitriles is 1. The molecule has 0 spiro atoms. The number of rotatable bonds is 3. The summed E-state index contributed by atoms with van der Waals surface area (Å²) in [7, 11) is -3.75. The van der Waals surface area contributed by atoms with Crippen LogP contribution in [0.15, 0.2) is 76.0 Å². The molecule has 0 saturated carbocycles. The van der Waals surface area contributed by atoms with Gasteiger partial charge in [-0.1, -0.05) is 30.8 Å². The molecule has 0 N–H and O–H groups in total. The number of aliphatic imine (C=N–C) groups is 1.